The van der Waals surface area contributed by atoms with Gasteiger partial charge in [-0.2, -0.15) is 0 Å². The molecule has 0 fully saturated rings. The molecule has 21 heavy (non-hydrogen) atoms. The summed E-state index contributed by atoms with van der Waals surface area (Å²) in [6.45, 7) is 3.84. The van der Waals surface area contributed by atoms with Crippen molar-refractivity contribution in [3.8, 4) is 5.75 Å². The molecule has 0 aliphatic rings. The highest BCUT2D eigenvalue weighted by atomic mass is 19.1. The van der Waals surface area contributed by atoms with Crippen LogP contribution in [0.5, 0.6) is 5.75 Å². The summed E-state index contributed by atoms with van der Waals surface area (Å²) in [7, 11) is 1.60. The van der Waals surface area contributed by atoms with Crippen molar-refractivity contribution in [2.75, 3.05) is 7.11 Å². The highest BCUT2D eigenvalue weighted by Crippen LogP contribution is 2.34. The number of rotatable bonds is 5. The van der Waals surface area contributed by atoms with Crippen LogP contribution in [-0.4, -0.2) is 12.2 Å². The Hall–Kier alpha value is -1.87. The van der Waals surface area contributed by atoms with E-state index in [0.717, 1.165) is 11.1 Å². The third kappa shape index (κ3) is 3.24. The van der Waals surface area contributed by atoms with Crippen LogP contribution in [-0.2, 0) is 12.0 Å². The zero-order valence-corrected chi connectivity index (χ0v) is 12.7. The van der Waals surface area contributed by atoms with Gasteiger partial charge in [0.1, 0.15) is 11.6 Å². The molecule has 0 spiro atoms. The first-order valence-corrected chi connectivity index (χ1v) is 7.11. The Morgan fingerprint density at radius 3 is 2.52 bits per heavy atom. The van der Waals surface area contributed by atoms with E-state index in [-0.39, 0.29) is 5.82 Å². The van der Waals surface area contributed by atoms with Crippen molar-refractivity contribution in [2.24, 2.45) is 0 Å². The number of halogens is 1. The van der Waals surface area contributed by atoms with Crippen molar-refractivity contribution in [2.45, 2.75) is 32.3 Å². The van der Waals surface area contributed by atoms with Gasteiger partial charge >= 0.3 is 0 Å². The van der Waals surface area contributed by atoms with E-state index in [1.807, 2.05) is 32.0 Å². The Balaban J connectivity index is 2.44. The molecule has 0 amide bonds. The quantitative estimate of drug-likeness (QED) is 0.901. The SMILES string of the molecule is CCC(O)(Cc1cc(C)ccc1OC)c1ccccc1F. The summed E-state index contributed by atoms with van der Waals surface area (Å²) in [4.78, 5) is 0. The maximum absolute atomic E-state index is 14.0. The molecule has 2 aromatic rings. The smallest absolute Gasteiger partial charge is 0.129 e. The van der Waals surface area contributed by atoms with Crippen LogP contribution in [0, 0.1) is 12.7 Å². The molecule has 1 atom stereocenters. The standard InChI is InChI=1S/C18H21FO2/c1-4-18(20,15-7-5-6-8-16(15)19)12-14-11-13(2)9-10-17(14)21-3/h5-11,20H,4,12H2,1-3H3. The molecule has 0 aliphatic heterocycles. The first-order chi connectivity index (χ1) is 10.00. The Labute approximate surface area is 125 Å². The number of methoxy groups -OCH3 is 1. The van der Waals surface area contributed by atoms with Gasteiger partial charge in [0.05, 0.1) is 12.7 Å². The van der Waals surface area contributed by atoms with E-state index in [1.165, 1.54) is 6.07 Å². The van der Waals surface area contributed by atoms with E-state index in [0.29, 0.717) is 24.2 Å². The van der Waals surface area contributed by atoms with Gasteiger partial charge in [0.2, 0.25) is 0 Å². The van der Waals surface area contributed by atoms with Crippen molar-refractivity contribution < 1.29 is 14.2 Å². The Morgan fingerprint density at radius 1 is 1.19 bits per heavy atom. The first-order valence-electron chi connectivity index (χ1n) is 7.11. The minimum atomic E-state index is -1.24. The second-order valence-electron chi connectivity index (χ2n) is 5.36. The monoisotopic (exact) mass is 288 g/mol. The van der Waals surface area contributed by atoms with E-state index in [4.69, 9.17) is 4.74 Å². The summed E-state index contributed by atoms with van der Waals surface area (Å²) in [6.07, 6.45) is 0.736. The molecule has 0 saturated carbocycles. The lowest BCUT2D eigenvalue weighted by Crippen LogP contribution is -2.29. The van der Waals surface area contributed by atoms with Crippen molar-refractivity contribution in [3.05, 3.63) is 65.0 Å². The molecular weight excluding hydrogens is 267 g/mol. The van der Waals surface area contributed by atoms with Gasteiger partial charge in [0.15, 0.2) is 0 Å². The minimum Gasteiger partial charge on any atom is -0.496 e. The third-order valence-corrected chi connectivity index (χ3v) is 3.88. The highest BCUT2D eigenvalue weighted by molar-refractivity contribution is 5.39. The molecule has 2 rings (SSSR count). The third-order valence-electron chi connectivity index (χ3n) is 3.88. The topological polar surface area (TPSA) is 29.5 Å². The molecule has 1 N–H and O–H groups in total. The number of hydrogen-bond acceptors (Lipinski definition) is 2. The van der Waals surface area contributed by atoms with Crippen LogP contribution in [0.15, 0.2) is 42.5 Å². The first kappa shape index (κ1) is 15.5. The van der Waals surface area contributed by atoms with Crippen LogP contribution >= 0.6 is 0 Å². The zero-order chi connectivity index (χ0) is 15.5. The number of aryl methyl sites for hydroxylation is 1. The fourth-order valence-corrected chi connectivity index (χ4v) is 2.61. The molecule has 0 heterocycles. The lowest BCUT2D eigenvalue weighted by molar-refractivity contribution is 0.0286. The van der Waals surface area contributed by atoms with Crippen molar-refractivity contribution in [1.29, 1.82) is 0 Å². The summed E-state index contributed by atoms with van der Waals surface area (Å²) in [5.74, 6) is 0.331. The zero-order valence-electron chi connectivity index (χ0n) is 12.7. The number of benzene rings is 2. The van der Waals surface area contributed by atoms with Gasteiger partial charge in [0, 0.05) is 12.0 Å². The van der Waals surface area contributed by atoms with E-state index in [2.05, 4.69) is 0 Å². The van der Waals surface area contributed by atoms with E-state index >= 15 is 0 Å². The summed E-state index contributed by atoms with van der Waals surface area (Å²) >= 11 is 0. The lowest BCUT2D eigenvalue weighted by Gasteiger charge is -2.28. The molecule has 0 aromatic heterocycles. The normalized spacial score (nSPS) is 13.8. The second kappa shape index (κ2) is 6.27. The van der Waals surface area contributed by atoms with Gasteiger partial charge in [-0.25, -0.2) is 4.39 Å². The van der Waals surface area contributed by atoms with E-state index in [1.54, 1.807) is 25.3 Å². The fourth-order valence-electron chi connectivity index (χ4n) is 2.61. The van der Waals surface area contributed by atoms with Crippen LogP contribution in [0.3, 0.4) is 0 Å². The lowest BCUT2D eigenvalue weighted by atomic mass is 9.84. The molecule has 1 unspecified atom stereocenters. The van der Waals surface area contributed by atoms with Gasteiger partial charge in [-0.1, -0.05) is 42.8 Å². The average Bonchev–Trinajstić information content (AvgIpc) is 2.48. The molecule has 2 nitrogen and oxygen atoms in total. The number of hydrogen-bond donors (Lipinski definition) is 1. The van der Waals surface area contributed by atoms with Crippen LogP contribution in [0.1, 0.15) is 30.0 Å². The Morgan fingerprint density at radius 2 is 1.90 bits per heavy atom. The summed E-state index contributed by atoms with van der Waals surface area (Å²) < 4.78 is 19.4. The number of ether oxygens (including phenoxy) is 1. The molecule has 3 heteroatoms. The van der Waals surface area contributed by atoms with Crippen molar-refractivity contribution in [1.82, 2.24) is 0 Å². The van der Waals surface area contributed by atoms with Gasteiger partial charge in [0.25, 0.3) is 0 Å². The maximum atomic E-state index is 14.0. The van der Waals surface area contributed by atoms with Crippen molar-refractivity contribution >= 4 is 0 Å². The Bertz CT molecular complexity index is 624. The largest absolute Gasteiger partial charge is 0.496 e. The predicted molar refractivity (Wildman–Crippen MR) is 82.0 cm³/mol. The van der Waals surface area contributed by atoms with Gasteiger partial charge in [-0.15, -0.1) is 0 Å². The fraction of sp³-hybridized carbons (Fsp3) is 0.333. The molecular formula is C18H21FO2. The van der Waals surface area contributed by atoms with E-state index < -0.39 is 5.60 Å². The van der Waals surface area contributed by atoms with Crippen LogP contribution < -0.4 is 4.74 Å². The van der Waals surface area contributed by atoms with Crippen LogP contribution in [0.2, 0.25) is 0 Å². The molecule has 0 aliphatic carbocycles. The average molecular weight is 288 g/mol. The van der Waals surface area contributed by atoms with Crippen molar-refractivity contribution in [3.63, 3.8) is 0 Å². The number of aliphatic hydroxyl groups is 1. The molecule has 0 bridgehead atoms. The summed E-state index contributed by atoms with van der Waals surface area (Å²) in [6, 6.07) is 12.2. The molecule has 112 valence electrons. The predicted octanol–water partition coefficient (Wildman–Crippen LogP) is 3.98. The van der Waals surface area contributed by atoms with Gasteiger partial charge in [-0.3, -0.25) is 0 Å². The molecule has 0 saturated heterocycles. The molecule has 0 radical (unpaired) electrons. The van der Waals surface area contributed by atoms with Gasteiger partial charge in [-0.05, 0) is 31.0 Å². The van der Waals surface area contributed by atoms with E-state index in [9.17, 15) is 9.50 Å². The summed E-state index contributed by atoms with van der Waals surface area (Å²) in [5.41, 5.74) is 1.05. The minimum absolute atomic E-state index is 0.315. The summed E-state index contributed by atoms with van der Waals surface area (Å²) in [5, 5.41) is 10.9. The second-order valence-corrected chi connectivity index (χ2v) is 5.36. The Kier molecular flexibility index (Phi) is 4.63. The van der Waals surface area contributed by atoms with Crippen LogP contribution in [0.25, 0.3) is 0 Å². The van der Waals surface area contributed by atoms with Gasteiger partial charge < -0.3 is 9.84 Å². The highest BCUT2D eigenvalue weighted by Gasteiger charge is 2.31. The maximum Gasteiger partial charge on any atom is 0.129 e. The molecule has 2 aromatic carbocycles. The van der Waals surface area contributed by atoms with Crippen LogP contribution in [0.4, 0.5) is 4.39 Å².